The number of nitrogens with two attached hydrogens (primary N) is 1. The molecule has 1 saturated carbocycles. The Hall–Kier alpha value is -2.96. The van der Waals surface area contributed by atoms with Crippen molar-refractivity contribution >= 4 is 40.5 Å². The van der Waals surface area contributed by atoms with Crippen LogP contribution in [0.1, 0.15) is 63.1 Å². The van der Waals surface area contributed by atoms with Crippen LogP contribution in [0.25, 0.3) is 0 Å². The van der Waals surface area contributed by atoms with Gasteiger partial charge < -0.3 is 10.6 Å². The Kier molecular flexibility index (Phi) is 6.75. The van der Waals surface area contributed by atoms with Gasteiger partial charge in [0.25, 0.3) is 0 Å². The van der Waals surface area contributed by atoms with E-state index in [1.165, 1.54) is 11.3 Å². The van der Waals surface area contributed by atoms with E-state index in [-0.39, 0.29) is 17.6 Å². The van der Waals surface area contributed by atoms with Gasteiger partial charge in [-0.3, -0.25) is 14.4 Å². The summed E-state index contributed by atoms with van der Waals surface area (Å²) in [6.45, 7) is 3.89. The van der Waals surface area contributed by atoms with E-state index in [9.17, 15) is 14.4 Å². The minimum atomic E-state index is -0.922. The van der Waals surface area contributed by atoms with Crippen molar-refractivity contribution in [2.24, 2.45) is 17.6 Å². The first-order chi connectivity index (χ1) is 17.3. The molecular formula is C29H29ClN2O3S. The van der Waals surface area contributed by atoms with E-state index in [0.717, 1.165) is 40.8 Å². The summed E-state index contributed by atoms with van der Waals surface area (Å²) in [6.07, 6.45) is 2.55. The molecule has 186 valence electrons. The molecule has 0 radical (unpaired) electrons. The van der Waals surface area contributed by atoms with Crippen molar-refractivity contribution in [3.63, 3.8) is 0 Å². The minimum Gasteiger partial charge on any atom is -0.368 e. The number of primary amides is 1. The molecule has 3 aromatic rings. The summed E-state index contributed by atoms with van der Waals surface area (Å²) in [5.74, 6) is -2.13. The van der Waals surface area contributed by atoms with Crippen molar-refractivity contribution in [3.8, 4) is 0 Å². The molecule has 1 aliphatic heterocycles. The minimum absolute atomic E-state index is 0.0824. The van der Waals surface area contributed by atoms with Crippen molar-refractivity contribution in [2.45, 2.75) is 51.1 Å². The van der Waals surface area contributed by atoms with Gasteiger partial charge in [-0.25, -0.2) is 0 Å². The maximum atomic E-state index is 14.4. The van der Waals surface area contributed by atoms with Crippen molar-refractivity contribution in [1.29, 1.82) is 0 Å². The molecule has 2 N–H and O–H groups in total. The Labute approximate surface area is 220 Å². The topological polar surface area (TPSA) is 80.5 Å². The molecule has 4 atom stereocenters. The molecule has 1 saturated heterocycles. The fourth-order valence-electron chi connectivity index (χ4n) is 5.76. The second-order valence-electron chi connectivity index (χ2n) is 9.92. The number of hydrogen-bond acceptors (Lipinski definition) is 4. The molecule has 5 nitrogen and oxygen atoms in total. The molecular weight excluding hydrogens is 492 g/mol. The molecule has 2 aromatic carbocycles. The van der Waals surface area contributed by atoms with Gasteiger partial charge in [0.1, 0.15) is 6.04 Å². The second-order valence-corrected chi connectivity index (χ2v) is 11.3. The third-order valence-electron chi connectivity index (χ3n) is 7.80. The van der Waals surface area contributed by atoms with Gasteiger partial charge in [0.15, 0.2) is 5.78 Å². The predicted octanol–water partition coefficient (Wildman–Crippen LogP) is 5.84. The number of rotatable bonds is 6. The van der Waals surface area contributed by atoms with Crippen LogP contribution in [0, 0.1) is 25.7 Å². The number of amides is 2. The highest BCUT2D eigenvalue weighted by Gasteiger charge is 2.58. The van der Waals surface area contributed by atoms with Gasteiger partial charge in [-0.15, -0.1) is 11.3 Å². The zero-order valence-electron chi connectivity index (χ0n) is 20.3. The number of thiophene rings is 1. The van der Waals surface area contributed by atoms with Crippen LogP contribution < -0.4 is 5.73 Å². The Balaban J connectivity index is 1.76. The molecule has 0 spiro atoms. The second kappa shape index (κ2) is 9.83. The lowest BCUT2D eigenvalue weighted by atomic mass is 9.77. The maximum Gasteiger partial charge on any atom is 0.240 e. The van der Waals surface area contributed by atoms with Gasteiger partial charge in [-0.1, -0.05) is 54.4 Å². The van der Waals surface area contributed by atoms with Crippen LogP contribution in [-0.4, -0.2) is 28.5 Å². The molecule has 5 rings (SSSR count). The Bertz CT molecular complexity index is 1310. The first-order valence-corrected chi connectivity index (χ1v) is 13.6. The number of likely N-dealkylation sites (tertiary alicyclic amines) is 1. The first kappa shape index (κ1) is 24.7. The zero-order chi connectivity index (χ0) is 25.6. The molecule has 1 aliphatic carbocycles. The van der Waals surface area contributed by atoms with Crippen LogP contribution in [0.15, 0.2) is 60.0 Å². The third-order valence-corrected chi connectivity index (χ3v) is 9.17. The Morgan fingerprint density at radius 3 is 2.22 bits per heavy atom. The van der Waals surface area contributed by atoms with Crippen LogP contribution in [-0.2, 0) is 9.59 Å². The predicted molar refractivity (Wildman–Crippen MR) is 142 cm³/mol. The Morgan fingerprint density at radius 2 is 1.67 bits per heavy atom. The van der Waals surface area contributed by atoms with Gasteiger partial charge in [0.05, 0.1) is 12.0 Å². The van der Waals surface area contributed by atoms with Crippen LogP contribution in [0.2, 0.25) is 5.02 Å². The number of carbonyl (C=O) groups excluding carboxylic acids is 3. The zero-order valence-corrected chi connectivity index (χ0v) is 21.9. The fourth-order valence-corrected chi connectivity index (χ4v) is 6.99. The molecule has 2 aliphatic rings. The van der Waals surface area contributed by atoms with Crippen molar-refractivity contribution < 1.29 is 14.4 Å². The number of carbonyl (C=O) groups is 3. The highest BCUT2D eigenvalue weighted by Crippen LogP contribution is 2.54. The van der Waals surface area contributed by atoms with E-state index in [4.69, 9.17) is 17.3 Å². The molecule has 36 heavy (non-hydrogen) atoms. The standard InChI is InChI=1S/C29H29ClN2O3S/c1-16-6-3-4-9-21(16)26(33)22-23(27-17(2)14-15-36-27)25(28(31)34)32(29(35)19-7-5-8-19)24(22)18-10-12-20(30)13-11-18/h3-4,6,9-15,19,22-25H,5,7-8H2,1-2H3,(H2,31,34). The van der Waals surface area contributed by atoms with E-state index in [0.29, 0.717) is 10.6 Å². The van der Waals surface area contributed by atoms with Gasteiger partial charge in [-0.05, 0) is 67.0 Å². The summed E-state index contributed by atoms with van der Waals surface area (Å²) >= 11 is 7.72. The average molecular weight is 521 g/mol. The summed E-state index contributed by atoms with van der Waals surface area (Å²) < 4.78 is 0. The molecule has 0 bridgehead atoms. The number of aryl methyl sites for hydroxylation is 2. The fraction of sp³-hybridized carbons (Fsp3) is 0.345. The van der Waals surface area contributed by atoms with E-state index in [1.807, 2.05) is 61.7 Å². The summed E-state index contributed by atoms with van der Waals surface area (Å²) in [4.78, 5) is 44.1. The van der Waals surface area contributed by atoms with Gasteiger partial charge >= 0.3 is 0 Å². The van der Waals surface area contributed by atoms with Gasteiger partial charge in [0, 0.05) is 27.3 Å². The highest BCUT2D eigenvalue weighted by molar-refractivity contribution is 7.10. The number of nitrogens with zero attached hydrogens (tertiary/aromatic N) is 1. The molecule has 2 fully saturated rings. The van der Waals surface area contributed by atoms with E-state index < -0.39 is 29.8 Å². The number of hydrogen-bond donors (Lipinski definition) is 1. The largest absolute Gasteiger partial charge is 0.368 e. The maximum absolute atomic E-state index is 14.4. The lowest BCUT2D eigenvalue weighted by Crippen LogP contribution is -2.49. The third kappa shape index (κ3) is 4.16. The molecule has 4 unspecified atom stereocenters. The van der Waals surface area contributed by atoms with Crippen molar-refractivity contribution in [1.82, 2.24) is 4.90 Å². The SMILES string of the molecule is Cc1ccccc1C(=O)C1C(c2sccc2C)C(C(N)=O)N(C(=O)C2CCC2)C1c1ccc(Cl)cc1. The van der Waals surface area contributed by atoms with Crippen LogP contribution in [0.4, 0.5) is 0 Å². The van der Waals surface area contributed by atoms with Crippen LogP contribution in [0.5, 0.6) is 0 Å². The number of ketones is 1. The molecule has 2 amide bonds. The molecule has 7 heteroatoms. The number of halogens is 1. The van der Waals surface area contributed by atoms with Crippen LogP contribution in [0.3, 0.4) is 0 Å². The number of Topliss-reactive ketones (excluding diaryl/α,β-unsaturated/α-hetero) is 1. The monoisotopic (exact) mass is 520 g/mol. The lowest BCUT2D eigenvalue weighted by Gasteiger charge is -2.36. The average Bonchev–Trinajstić information content (AvgIpc) is 3.39. The summed E-state index contributed by atoms with van der Waals surface area (Å²) in [5, 5.41) is 2.53. The number of benzene rings is 2. The van der Waals surface area contributed by atoms with E-state index >= 15 is 0 Å². The van der Waals surface area contributed by atoms with Gasteiger partial charge in [-0.2, -0.15) is 0 Å². The van der Waals surface area contributed by atoms with Crippen molar-refractivity contribution in [2.75, 3.05) is 0 Å². The van der Waals surface area contributed by atoms with Crippen LogP contribution >= 0.6 is 22.9 Å². The quantitative estimate of drug-likeness (QED) is 0.415. The molecule has 2 heterocycles. The Morgan fingerprint density at radius 1 is 0.972 bits per heavy atom. The van der Waals surface area contributed by atoms with Gasteiger partial charge in [0.2, 0.25) is 11.8 Å². The smallest absolute Gasteiger partial charge is 0.240 e. The lowest BCUT2D eigenvalue weighted by molar-refractivity contribution is -0.145. The summed E-state index contributed by atoms with van der Waals surface area (Å²) in [6, 6.07) is 15.2. The van der Waals surface area contributed by atoms with E-state index in [1.54, 1.807) is 17.0 Å². The highest BCUT2D eigenvalue weighted by atomic mass is 35.5. The van der Waals surface area contributed by atoms with Crippen molar-refractivity contribution in [3.05, 3.63) is 92.1 Å². The normalized spacial score (nSPS) is 23.9. The first-order valence-electron chi connectivity index (χ1n) is 12.3. The van der Waals surface area contributed by atoms with E-state index in [2.05, 4.69) is 0 Å². The summed E-state index contributed by atoms with van der Waals surface area (Å²) in [7, 11) is 0. The molecule has 1 aromatic heterocycles. The summed E-state index contributed by atoms with van der Waals surface area (Å²) in [5.41, 5.74) is 9.30.